The van der Waals surface area contributed by atoms with Crippen LogP contribution in [0.5, 0.6) is 0 Å². The minimum atomic E-state index is -1.22. The summed E-state index contributed by atoms with van der Waals surface area (Å²) in [6.07, 6.45) is 1.20. The lowest BCUT2D eigenvalue weighted by atomic mass is 10.0. The van der Waals surface area contributed by atoms with Crippen molar-refractivity contribution in [1.82, 2.24) is 5.32 Å². The highest BCUT2D eigenvalue weighted by Crippen LogP contribution is 2.19. The molecule has 1 heterocycles. The molecule has 1 atom stereocenters. The van der Waals surface area contributed by atoms with E-state index >= 15 is 0 Å². The lowest BCUT2D eigenvalue weighted by molar-refractivity contribution is -0.120. The van der Waals surface area contributed by atoms with Gasteiger partial charge >= 0.3 is 0 Å². The maximum absolute atomic E-state index is 12.0. The SMILES string of the molecule is O=C(NCc1ccc(-c2ccccc2)cc1)C1=C(O)C(O)C=CO1. The van der Waals surface area contributed by atoms with E-state index in [-0.39, 0.29) is 12.3 Å². The van der Waals surface area contributed by atoms with Gasteiger partial charge in [0, 0.05) is 6.54 Å². The maximum Gasteiger partial charge on any atom is 0.290 e. The first kappa shape index (κ1) is 15.8. The molecule has 0 spiro atoms. The van der Waals surface area contributed by atoms with Gasteiger partial charge in [0.1, 0.15) is 6.10 Å². The summed E-state index contributed by atoms with van der Waals surface area (Å²) in [6.45, 7) is 0.286. The Morgan fingerprint density at radius 1 is 1.04 bits per heavy atom. The van der Waals surface area contributed by atoms with Crippen LogP contribution in [-0.4, -0.2) is 22.2 Å². The minimum absolute atomic E-state index is 0.286. The molecule has 0 aliphatic carbocycles. The zero-order valence-electron chi connectivity index (χ0n) is 12.8. The largest absolute Gasteiger partial charge is 0.506 e. The van der Waals surface area contributed by atoms with Crippen molar-refractivity contribution < 1.29 is 19.7 Å². The summed E-state index contributed by atoms with van der Waals surface area (Å²) in [4.78, 5) is 12.0. The van der Waals surface area contributed by atoms with Crippen molar-refractivity contribution in [3.8, 4) is 11.1 Å². The Kier molecular flexibility index (Phi) is 4.63. The summed E-state index contributed by atoms with van der Waals surface area (Å²) in [7, 11) is 0. The van der Waals surface area contributed by atoms with Gasteiger partial charge in [-0.1, -0.05) is 54.6 Å². The van der Waals surface area contributed by atoms with Crippen molar-refractivity contribution in [2.24, 2.45) is 0 Å². The van der Waals surface area contributed by atoms with Gasteiger partial charge in [0.25, 0.3) is 5.91 Å². The molecule has 5 heteroatoms. The molecule has 0 saturated carbocycles. The van der Waals surface area contributed by atoms with Crippen LogP contribution in [-0.2, 0) is 16.1 Å². The first-order valence-electron chi connectivity index (χ1n) is 7.52. The highest BCUT2D eigenvalue weighted by molar-refractivity contribution is 5.92. The van der Waals surface area contributed by atoms with Gasteiger partial charge in [-0.3, -0.25) is 4.79 Å². The Balaban J connectivity index is 1.63. The van der Waals surface area contributed by atoms with Crippen molar-refractivity contribution in [1.29, 1.82) is 0 Å². The molecular formula is C19H17NO4. The zero-order valence-corrected chi connectivity index (χ0v) is 12.8. The van der Waals surface area contributed by atoms with Crippen LogP contribution in [0.3, 0.4) is 0 Å². The number of ether oxygens (including phenoxy) is 1. The number of carbonyl (C=O) groups is 1. The Morgan fingerprint density at radius 2 is 1.71 bits per heavy atom. The summed E-state index contributed by atoms with van der Waals surface area (Å²) >= 11 is 0. The smallest absolute Gasteiger partial charge is 0.290 e. The van der Waals surface area contributed by atoms with E-state index in [4.69, 9.17) is 4.74 Å². The molecule has 122 valence electrons. The fourth-order valence-electron chi connectivity index (χ4n) is 2.35. The van der Waals surface area contributed by atoms with Crippen LogP contribution in [0.1, 0.15) is 5.56 Å². The van der Waals surface area contributed by atoms with Crippen molar-refractivity contribution in [3.05, 3.63) is 84.0 Å². The van der Waals surface area contributed by atoms with Crippen molar-refractivity contribution >= 4 is 5.91 Å². The topological polar surface area (TPSA) is 78.8 Å². The molecule has 1 aliphatic rings. The van der Waals surface area contributed by atoms with Crippen molar-refractivity contribution in [2.45, 2.75) is 12.6 Å². The van der Waals surface area contributed by atoms with Crippen LogP contribution in [0, 0.1) is 0 Å². The molecule has 0 fully saturated rings. The fourth-order valence-corrected chi connectivity index (χ4v) is 2.35. The summed E-state index contributed by atoms with van der Waals surface area (Å²) in [5, 5.41) is 21.8. The predicted octanol–water partition coefficient (Wildman–Crippen LogP) is 2.64. The molecule has 3 rings (SSSR count). The van der Waals surface area contributed by atoms with Gasteiger partial charge in [-0.05, 0) is 22.8 Å². The molecule has 1 amide bonds. The van der Waals surface area contributed by atoms with Crippen LogP contribution in [0.25, 0.3) is 11.1 Å². The van der Waals surface area contributed by atoms with Crippen LogP contribution in [0.4, 0.5) is 0 Å². The van der Waals surface area contributed by atoms with Gasteiger partial charge in [0.15, 0.2) is 5.76 Å². The van der Waals surface area contributed by atoms with Gasteiger partial charge < -0.3 is 20.3 Å². The lowest BCUT2D eigenvalue weighted by Gasteiger charge is -2.16. The third-order valence-corrected chi connectivity index (χ3v) is 3.68. The number of amides is 1. The maximum atomic E-state index is 12.0. The summed E-state index contributed by atoms with van der Waals surface area (Å²) in [6, 6.07) is 17.8. The van der Waals surface area contributed by atoms with E-state index in [1.807, 2.05) is 54.6 Å². The summed E-state index contributed by atoms with van der Waals surface area (Å²) in [5.74, 6) is -1.36. The number of hydrogen-bond donors (Lipinski definition) is 3. The van der Waals surface area contributed by atoms with Crippen LogP contribution in [0.2, 0.25) is 0 Å². The lowest BCUT2D eigenvalue weighted by Crippen LogP contribution is -2.29. The monoisotopic (exact) mass is 323 g/mol. The summed E-state index contributed by atoms with van der Waals surface area (Å²) < 4.78 is 4.96. The molecule has 2 aromatic rings. The van der Waals surface area contributed by atoms with E-state index in [2.05, 4.69) is 5.32 Å². The highest BCUT2D eigenvalue weighted by Gasteiger charge is 2.23. The van der Waals surface area contributed by atoms with E-state index < -0.39 is 17.8 Å². The second-order valence-electron chi connectivity index (χ2n) is 5.35. The fraction of sp³-hybridized carbons (Fsp3) is 0.105. The number of hydrogen-bond acceptors (Lipinski definition) is 4. The van der Waals surface area contributed by atoms with Crippen LogP contribution in [0.15, 0.2) is 78.5 Å². The van der Waals surface area contributed by atoms with Crippen molar-refractivity contribution in [3.63, 3.8) is 0 Å². The van der Waals surface area contributed by atoms with Gasteiger partial charge in [0.05, 0.1) is 6.26 Å². The number of rotatable bonds is 4. The first-order chi connectivity index (χ1) is 11.6. The second kappa shape index (κ2) is 7.02. The van der Waals surface area contributed by atoms with E-state index in [0.29, 0.717) is 0 Å². The molecule has 0 aromatic heterocycles. The Hall–Kier alpha value is -3.05. The van der Waals surface area contributed by atoms with Gasteiger partial charge in [-0.25, -0.2) is 0 Å². The quantitative estimate of drug-likeness (QED) is 0.808. The van der Waals surface area contributed by atoms with Gasteiger partial charge in [-0.15, -0.1) is 0 Å². The normalized spacial score (nSPS) is 16.6. The number of aliphatic hydroxyl groups excluding tert-OH is 2. The predicted molar refractivity (Wildman–Crippen MR) is 89.6 cm³/mol. The van der Waals surface area contributed by atoms with E-state index in [1.165, 1.54) is 12.3 Å². The molecule has 1 aliphatic heterocycles. The Labute approximate surface area is 139 Å². The number of nitrogens with one attached hydrogen (secondary N) is 1. The highest BCUT2D eigenvalue weighted by atomic mass is 16.5. The van der Waals surface area contributed by atoms with Crippen molar-refractivity contribution in [2.75, 3.05) is 0 Å². The average molecular weight is 323 g/mol. The summed E-state index contributed by atoms with van der Waals surface area (Å²) in [5.41, 5.74) is 3.13. The molecule has 2 aromatic carbocycles. The second-order valence-corrected chi connectivity index (χ2v) is 5.35. The Bertz CT molecular complexity index is 779. The standard InChI is InChI=1S/C19H17NO4/c21-16-10-11-24-18(17(16)22)19(23)20-12-13-6-8-15(9-7-13)14-4-2-1-3-5-14/h1-11,16,21-22H,12H2,(H,20,23). The zero-order chi connectivity index (χ0) is 16.9. The molecule has 0 saturated heterocycles. The molecule has 0 radical (unpaired) electrons. The van der Waals surface area contributed by atoms with Crippen LogP contribution >= 0.6 is 0 Å². The van der Waals surface area contributed by atoms with E-state index in [9.17, 15) is 15.0 Å². The van der Waals surface area contributed by atoms with Crippen LogP contribution < -0.4 is 5.32 Å². The molecule has 0 bridgehead atoms. The first-order valence-corrected chi connectivity index (χ1v) is 7.52. The third kappa shape index (κ3) is 3.47. The van der Waals surface area contributed by atoms with E-state index in [1.54, 1.807) is 0 Å². The average Bonchev–Trinajstić information content (AvgIpc) is 2.63. The molecule has 1 unspecified atom stereocenters. The van der Waals surface area contributed by atoms with E-state index in [0.717, 1.165) is 16.7 Å². The number of aliphatic hydroxyl groups is 2. The Morgan fingerprint density at radius 3 is 2.42 bits per heavy atom. The third-order valence-electron chi connectivity index (χ3n) is 3.68. The van der Waals surface area contributed by atoms with Gasteiger partial charge in [-0.2, -0.15) is 0 Å². The molecular weight excluding hydrogens is 306 g/mol. The molecule has 5 nitrogen and oxygen atoms in total. The molecule has 3 N–H and O–H groups in total. The minimum Gasteiger partial charge on any atom is -0.506 e. The molecule has 24 heavy (non-hydrogen) atoms. The number of carbonyl (C=O) groups excluding carboxylic acids is 1. The number of benzene rings is 2. The van der Waals surface area contributed by atoms with Gasteiger partial charge in [0.2, 0.25) is 5.76 Å².